The molecule has 0 aromatic heterocycles. The molecule has 1 aliphatic carbocycles. The van der Waals surface area contributed by atoms with Crippen molar-refractivity contribution in [2.45, 2.75) is 25.4 Å². The first-order chi connectivity index (χ1) is 18.0. The topological polar surface area (TPSA) is 92.3 Å². The summed E-state index contributed by atoms with van der Waals surface area (Å²) >= 11 is 0. The van der Waals surface area contributed by atoms with Crippen molar-refractivity contribution < 1.29 is 33.3 Å². The monoisotopic (exact) mass is 505 g/mol. The molecular weight excluding hydrogens is 474 g/mol. The second-order valence-electron chi connectivity index (χ2n) is 8.59. The summed E-state index contributed by atoms with van der Waals surface area (Å²) in [7, 11) is 4.56. The van der Waals surface area contributed by atoms with Crippen LogP contribution in [-0.2, 0) is 14.3 Å². The van der Waals surface area contributed by atoms with Crippen molar-refractivity contribution in [1.82, 2.24) is 5.32 Å². The van der Waals surface area contributed by atoms with E-state index in [1.165, 1.54) is 21.3 Å². The molecular formula is C29H31NO7. The summed E-state index contributed by atoms with van der Waals surface area (Å²) in [6.45, 7) is 2.05. The summed E-state index contributed by atoms with van der Waals surface area (Å²) in [4.78, 5) is 24.7. The predicted molar refractivity (Wildman–Crippen MR) is 138 cm³/mol. The van der Waals surface area contributed by atoms with Gasteiger partial charge in [-0.3, -0.25) is 4.79 Å². The zero-order chi connectivity index (χ0) is 26.4. The van der Waals surface area contributed by atoms with Gasteiger partial charge in [0.1, 0.15) is 12.7 Å². The summed E-state index contributed by atoms with van der Waals surface area (Å²) < 4.78 is 27.1. The largest absolute Gasteiger partial charge is 0.493 e. The van der Waals surface area contributed by atoms with Gasteiger partial charge in [-0.05, 0) is 46.9 Å². The first-order valence-electron chi connectivity index (χ1n) is 12.0. The standard InChI is InChI=1S/C29H31NO7/c1-18(19-15-25(33-2)28(35-4)26(16-19)34-3)37-27(31)13-14-30-29(32)36-17-24-22-11-7-5-9-20(22)21-10-6-8-12-23(21)24/h5-12,15-16,18,24H,13-14,17H2,1-4H3,(H,30,32). The second kappa shape index (κ2) is 11.7. The molecule has 0 saturated heterocycles. The molecule has 8 heteroatoms. The number of methoxy groups -OCH3 is 3. The van der Waals surface area contributed by atoms with Crippen LogP contribution in [0.4, 0.5) is 4.79 Å². The minimum atomic E-state index is -0.577. The predicted octanol–water partition coefficient (Wildman–Crippen LogP) is 5.25. The molecule has 194 valence electrons. The van der Waals surface area contributed by atoms with Gasteiger partial charge in [-0.25, -0.2) is 4.79 Å². The van der Waals surface area contributed by atoms with Crippen LogP contribution in [0.3, 0.4) is 0 Å². The lowest BCUT2D eigenvalue weighted by molar-refractivity contribution is -0.148. The molecule has 1 aliphatic rings. The van der Waals surface area contributed by atoms with Crippen LogP contribution >= 0.6 is 0 Å². The van der Waals surface area contributed by atoms with E-state index in [1.807, 2.05) is 24.3 Å². The van der Waals surface area contributed by atoms with E-state index in [-0.39, 0.29) is 25.5 Å². The maximum absolute atomic E-state index is 12.4. The lowest BCUT2D eigenvalue weighted by Crippen LogP contribution is -2.28. The minimum Gasteiger partial charge on any atom is -0.493 e. The molecule has 1 atom stereocenters. The van der Waals surface area contributed by atoms with Gasteiger partial charge in [0.15, 0.2) is 11.5 Å². The van der Waals surface area contributed by atoms with Crippen LogP contribution in [0.1, 0.15) is 42.1 Å². The summed E-state index contributed by atoms with van der Waals surface area (Å²) in [5.41, 5.74) is 5.29. The number of amides is 1. The second-order valence-corrected chi connectivity index (χ2v) is 8.59. The highest BCUT2D eigenvalue weighted by Gasteiger charge is 2.29. The van der Waals surface area contributed by atoms with Gasteiger partial charge in [0.25, 0.3) is 0 Å². The SMILES string of the molecule is COc1cc(C(C)OC(=O)CCNC(=O)OCC2c3ccccc3-c3ccccc32)cc(OC)c1OC. The fourth-order valence-electron chi connectivity index (χ4n) is 4.58. The van der Waals surface area contributed by atoms with Crippen LogP contribution in [0.5, 0.6) is 17.2 Å². The molecule has 0 saturated carbocycles. The number of nitrogens with one attached hydrogen (secondary N) is 1. The maximum Gasteiger partial charge on any atom is 0.407 e. The number of carbonyl (C=O) groups is 2. The van der Waals surface area contributed by atoms with Crippen LogP contribution < -0.4 is 19.5 Å². The highest BCUT2D eigenvalue weighted by atomic mass is 16.6. The normalized spacial score (nSPS) is 12.6. The zero-order valence-corrected chi connectivity index (χ0v) is 21.4. The first-order valence-corrected chi connectivity index (χ1v) is 12.0. The number of fused-ring (bicyclic) bond motifs is 3. The van der Waals surface area contributed by atoms with Crippen LogP contribution in [0.2, 0.25) is 0 Å². The lowest BCUT2D eigenvalue weighted by atomic mass is 9.98. The lowest BCUT2D eigenvalue weighted by Gasteiger charge is -2.18. The molecule has 0 heterocycles. The Morgan fingerprint density at radius 1 is 0.865 bits per heavy atom. The van der Waals surface area contributed by atoms with Gasteiger partial charge in [-0.2, -0.15) is 0 Å². The quantitative estimate of drug-likeness (QED) is 0.377. The zero-order valence-electron chi connectivity index (χ0n) is 21.4. The average Bonchev–Trinajstić information content (AvgIpc) is 3.24. The Balaban J connectivity index is 1.26. The fourth-order valence-corrected chi connectivity index (χ4v) is 4.58. The molecule has 0 fully saturated rings. The van der Waals surface area contributed by atoms with E-state index < -0.39 is 18.2 Å². The minimum absolute atomic E-state index is 0.00103. The number of rotatable bonds is 10. The molecule has 0 spiro atoms. The Morgan fingerprint density at radius 2 is 1.43 bits per heavy atom. The number of carbonyl (C=O) groups excluding carboxylic acids is 2. The Bertz CT molecular complexity index is 1200. The van der Waals surface area contributed by atoms with Crippen molar-refractivity contribution in [2.24, 2.45) is 0 Å². The summed E-state index contributed by atoms with van der Waals surface area (Å²) in [6, 6.07) is 19.7. The summed E-state index contributed by atoms with van der Waals surface area (Å²) in [5.74, 6) is 0.913. The molecule has 37 heavy (non-hydrogen) atoms. The van der Waals surface area contributed by atoms with Gasteiger partial charge in [0, 0.05) is 12.5 Å². The number of alkyl carbamates (subject to hydrolysis) is 1. The van der Waals surface area contributed by atoms with Gasteiger partial charge in [-0.1, -0.05) is 48.5 Å². The molecule has 0 bridgehead atoms. The van der Waals surface area contributed by atoms with Crippen LogP contribution in [-0.4, -0.2) is 46.5 Å². The van der Waals surface area contributed by atoms with E-state index in [1.54, 1.807) is 19.1 Å². The third-order valence-electron chi connectivity index (χ3n) is 6.41. The van der Waals surface area contributed by atoms with Gasteiger partial charge < -0.3 is 29.0 Å². The van der Waals surface area contributed by atoms with E-state index in [4.69, 9.17) is 23.7 Å². The molecule has 1 unspecified atom stereocenters. The van der Waals surface area contributed by atoms with Crippen molar-refractivity contribution in [2.75, 3.05) is 34.5 Å². The van der Waals surface area contributed by atoms with Gasteiger partial charge in [0.2, 0.25) is 5.75 Å². The molecule has 1 amide bonds. The van der Waals surface area contributed by atoms with Crippen molar-refractivity contribution in [3.05, 3.63) is 77.4 Å². The van der Waals surface area contributed by atoms with E-state index in [0.717, 1.165) is 22.3 Å². The Morgan fingerprint density at radius 3 is 1.97 bits per heavy atom. The molecule has 3 aromatic carbocycles. The van der Waals surface area contributed by atoms with E-state index in [0.29, 0.717) is 22.8 Å². The Labute approximate surface area is 216 Å². The van der Waals surface area contributed by atoms with Crippen LogP contribution in [0, 0.1) is 0 Å². The maximum atomic E-state index is 12.4. The molecule has 8 nitrogen and oxygen atoms in total. The summed E-state index contributed by atoms with van der Waals surface area (Å²) in [6.07, 6.45) is -1.14. The molecule has 0 aliphatic heterocycles. The molecule has 0 radical (unpaired) electrons. The van der Waals surface area contributed by atoms with E-state index in [9.17, 15) is 9.59 Å². The van der Waals surface area contributed by atoms with Crippen LogP contribution in [0.15, 0.2) is 60.7 Å². The fraction of sp³-hybridized carbons (Fsp3) is 0.310. The number of benzene rings is 3. The first kappa shape index (κ1) is 25.9. The number of hydrogen-bond donors (Lipinski definition) is 1. The number of hydrogen-bond acceptors (Lipinski definition) is 7. The highest BCUT2D eigenvalue weighted by molar-refractivity contribution is 5.79. The van der Waals surface area contributed by atoms with Crippen molar-refractivity contribution in [3.8, 4) is 28.4 Å². The van der Waals surface area contributed by atoms with Crippen molar-refractivity contribution in [3.63, 3.8) is 0 Å². The van der Waals surface area contributed by atoms with Gasteiger partial charge in [-0.15, -0.1) is 0 Å². The van der Waals surface area contributed by atoms with Crippen molar-refractivity contribution >= 4 is 12.1 Å². The molecule has 1 N–H and O–H groups in total. The van der Waals surface area contributed by atoms with E-state index >= 15 is 0 Å². The summed E-state index contributed by atoms with van der Waals surface area (Å²) in [5, 5.41) is 2.63. The number of esters is 1. The third-order valence-corrected chi connectivity index (χ3v) is 6.41. The molecule has 3 aromatic rings. The van der Waals surface area contributed by atoms with Crippen molar-refractivity contribution in [1.29, 1.82) is 0 Å². The average molecular weight is 506 g/mol. The third kappa shape index (κ3) is 5.63. The van der Waals surface area contributed by atoms with Gasteiger partial charge >= 0.3 is 12.1 Å². The smallest absolute Gasteiger partial charge is 0.407 e. The number of ether oxygens (including phenoxy) is 5. The Hall–Kier alpha value is -4.20. The molecule has 4 rings (SSSR count). The van der Waals surface area contributed by atoms with Gasteiger partial charge in [0.05, 0.1) is 27.8 Å². The van der Waals surface area contributed by atoms with Crippen LogP contribution in [0.25, 0.3) is 11.1 Å². The van der Waals surface area contributed by atoms with E-state index in [2.05, 4.69) is 29.6 Å². The highest BCUT2D eigenvalue weighted by Crippen LogP contribution is 2.44. The Kier molecular flexibility index (Phi) is 8.18.